The third-order valence-electron chi connectivity index (χ3n) is 7.27. The van der Waals surface area contributed by atoms with Crippen LogP contribution in [0.4, 0.5) is 0 Å². The highest BCUT2D eigenvalue weighted by molar-refractivity contribution is 5.94. The number of nitrogens with zero attached hydrogens (tertiary/aromatic N) is 1. The predicted molar refractivity (Wildman–Crippen MR) is 114 cm³/mol. The lowest BCUT2D eigenvalue weighted by molar-refractivity contribution is 0.114. The molecule has 2 aliphatic carbocycles. The second-order valence-electron chi connectivity index (χ2n) is 8.84. The molecular weight excluding hydrogens is 326 g/mol. The summed E-state index contributed by atoms with van der Waals surface area (Å²) in [5.41, 5.74) is 4.55. The van der Waals surface area contributed by atoms with Gasteiger partial charge < -0.3 is 0 Å². The molecule has 0 saturated heterocycles. The number of pyridine rings is 1. The van der Waals surface area contributed by atoms with Crippen molar-refractivity contribution in [1.82, 2.24) is 4.98 Å². The number of fused-ring (bicyclic) bond motifs is 1. The predicted octanol–water partition coefficient (Wildman–Crippen LogP) is 7.51. The summed E-state index contributed by atoms with van der Waals surface area (Å²) in [6.07, 6.45) is 15.0. The molecular formula is C26H29N. The summed E-state index contributed by atoms with van der Waals surface area (Å²) in [6.45, 7) is 0. The molecule has 0 N–H and O–H groups in total. The van der Waals surface area contributed by atoms with Crippen molar-refractivity contribution in [1.29, 1.82) is 0 Å². The minimum atomic E-state index is 0.704. The second-order valence-corrected chi connectivity index (χ2v) is 8.84. The third-order valence-corrected chi connectivity index (χ3v) is 7.27. The molecule has 2 aliphatic rings. The van der Waals surface area contributed by atoms with Crippen molar-refractivity contribution in [2.24, 2.45) is 5.41 Å². The Bertz CT molecular complexity index is 911. The van der Waals surface area contributed by atoms with Crippen LogP contribution in [-0.4, -0.2) is 4.98 Å². The molecule has 0 unspecified atom stereocenters. The highest BCUT2D eigenvalue weighted by Gasteiger charge is 2.36. The Kier molecular flexibility index (Phi) is 4.47. The van der Waals surface area contributed by atoms with E-state index >= 15 is 0 Å². The lowest BCUT2D eigenvalue weighted by Crippen LogP contribution is -2.29. The normalized spacial score (nSPS) is 20.1. The molecule has 0 amide bonds. The Morgan fingerprint density at radius 3 is 2.33 bits per heavy atom. The molecule has 5 rings (SSSR count). The number of aromatic nitrogens is 1. The quantitative estimate of drug-likeness (QED) is 0.463. The molecule has 1 spiro atoms. The fraction of sp³-hybridized carbons (Fsp3) is 0.423. The monoisotopic (exact) mass is 355 g/mol. The smallest absolute Gasteiger partial charge is 0.0780 e. The Morgan fingerprint density at radius 2 is 1.56 bits per heavy atom. The summed E-state index contributed by atoms with van der Waals surface area (Å²) in [4.78, 5) is 4.68. The van der Waals surface area contributed by atoms with E-state index in [9.17, 15) is 0 Å². The lowest BCUT2D eigenvalue weighted by atomic mass is 9.62. The van der Waals surface area contributed by atoms with Crippen LogP contribution in [0.2, 0.25) is 0 Å². The van der Waals surface area contributed by atoms with Crippen LogP contribution < -0.4 is 0 Å². The number of hydrogen-bond donors (Lipinski definition) is 0. The minimum Gasteiger partial charge on any atom is -0.256 e. The molecule has 1 heteroatoms. The first-order chi connectivity index (χ1) is 13.3. The summed E-state index contributed by atoms with van der Waals surface area (Å²) >= 11 is 0. The molecule has 2 aromatic carbocycles. The second kappa shape index (κ2) is 7.11. The van der Waals surface area contributed by atoms with Crippen molar-refractivity contribution < 1.29 is 0 Å². The Labute approximate surface area is 162 Å². The Hall–Kier alpha value is -2.15. The van der Waals surface area contributed by atoms with Crippen molar-refractivity contribution in [3.8, 4) is 11.3 Å². The lowest BCUT2D eigenvalue weighted by Gasteiger charge is -2.43. The molecule has 138 valence electrons. The van der Waals surface area contributed by atoms with Crippen LogP contribution in [0.25, 0.3) is 22.0 Å². The highest BCUT2D eigenvalue weighted by atomic mass is 14.7. The molecule has 0 atom stereocenters. The van der Waals surface area contributed by atoms with E-state index in [2.05, 4.69) is 59.6 Å². The minimum absolute atomic E-state index is 0.704. The maximum Gasteiger partial charge on any atom is 0.0780 e. The van der Waals surface area contributed by atoms with Gasteiger partial charge >= 0.3 is 0 Å². The van der Waals surface area contributed by atoms with E-state index in [-0.39, 0.29) is 0 Å². The van der Waals surface area contributed by atoms with Crippen LogP contribution in [0.1, 0.15) is 69.3 Å². The van der Waals surface area contributed by atoms with E-state index in [0.717, 1.165) is 11.6 Å². The van der Waals surface area contributed by atoms with Gasteiger partial charge in [-0.15, -0.1) is 0 Å². The van der Waals surface area contributed by atoms with Crippen molar-refractivity contribution in [2.75, 3.05) is 0 Å². The van der Waals surface area contributed by atoms with Crippen LogP contribution in [-0.2, 0) is 0 Å². The van der Waals surface area contributed by atoms with E-state index < -0.39 is 0 Å². The molecule has 3 aromatic rings. The third kappa shape index (κ3) is 3.29. The van der Waals surface area contributed by atoms with Gasteiger partial charge in [0.15, 0.2) is 0 Å². The summed E-state index contributed by atoms with van der Waals surface area (Å²) in [6, 6.07) is 19.9. The fourth-order valence-electron chi connectivity index (χ4n) is 5.64. The van der Waals surface area contributed by atoms with E-state index in [1.165, 1.54) is 74.1 Å². The molecule has 0 bridgehead atoms. The standard InChI is InChI=1S/C26H29N/c1-3-7-21(8-4-1)25-24-10-9-22(19-23(24)13-18-27-25)20-11-16-26(17-12-20)14-5-2-6-15-26/h1,3-4,7-10,13,18-20H,2,5-6,11-12,14-17H2. The average molecular weight is 356 g/mol. The summed E-state index contributed by atoms with van der Waals surface area (Å²) in [5, 5.41) is 2.60. The van der Waals surface area contributed by atoms with Crippen molar-refractivity contribution >= 4 is 10.8 Å². The van der Waals surface area contributed by atoms with Crippen molar-refractivity contribution in [3.05, 3.63) is 66.4 Å². The zero-order valence-corrected chi connectivity index (χ0v) is 16.2. The van der Waals surface area contributed by atoms with E-state index in [1.807, 2.05) is 6.20 Å². The molecule has 2 fully saturated rings. The zero-order chi connectivity index (χ0) is 18.1. The van der Waals surface area contributed by atoms with Crippen LogP contribution in [0.3, 0.4) is 0 Å². The fourth-order valence-corrected chi connectivity index (χ4v) is 5.64. The van der Waals surface area contributed by atoms with Gasteiger partial charge in [0.05, 0.1) is 5.69 Å². The number of rotatable bonds is 2. The van der Waals surface area contributed by atoms with Gasteiger partial charge in [0.1, 0.15) is 0 Å². The Morgan fingerprint density at radius 1 is 0.778 bits per heavy atom. The number of benzene rings is 2. The van der Waals surface area contributed by atoms with Gasteiger partial charge in [0, 0.05) is 17.1 Å². The van der Waals surface area contributed by atoms with E-state index in [4.69, 9.17) is 0 Å². The van der Waals surface area contributed by atoms with Gasteiger partial charge in [-0.2, -0.15) is 0 Å². The molecule has 0 aliphatic heterocycles. The SMILES string of the molecule is c1ccc(-c2nccc3cc(C4CCC5(CCCCC5)CC4)ccc23)cc1. The van der Waals surface area contributed by atoms with Gasteiger partial charge in [-0.3, -0.25) is 4.98 Å². The molecule has 1 nitrogen and oxygen atoms in total. The Balaban J connectivity index is 1.41. The first-order valence-electron chi connectivity index (χ1n) is 10.8. The maximum atomic E-state index is 4.68. The topological polar surface area (TPSA) is 12.9 Å². The van der Waals surface area contributed by atoms with Gasteiger partial charge in [0.25, 0.3) is 0 Å². The van der Waals surface area contributed by atoms with Crippen LogP contribution in [0, 0.1) is 5.41 Å². The van der Waals surface area contributed by atoms with Crippen LogP contribution >= 0.6 is 0 Å². The molecule has 27 heavy (non-hydrogen) atoms. The largest absolute Gasteiger partial charge is 0.256 e. The van der Waals surface area contributed by atoms with Crippen molar-refractivity contribution in [3.63, 3.8) is 0 Å². The summed E-state index contributed by atoms with van der Waals surface area (Å²) < 4.78 is 0. The highest BCUT2D eigenvalue weighted by Crippen LogP contribution is 2.51. The van der Waals surface area contributed by atoms with E-state index in [1.54, 1.807) is 5.56 Å². The van der Waals surface area contributed by atoms with Crippen LogP contribution in [0.15, 0.2) is 60.8 Å². The van der Waals surface area contributed by atoms with Gasteiger partial charge in [-0.05, 0) is 66.9 Å². The summed E-state index contributed by atoms with van der Waals surface area (Å²) in [5.74, 6) is 0.746. The molecule has 2 saturated carbocycles. The number of hydrogen-bond acceptors (Lipinski definition) is 1. The van der Waals surface area contributed by atoms with Gasteiger partial charge in [0.2, 0.25) is 0 Å². The maximum absolute atomic E-state index is 4.68. The molecule has 0 radical (unpaired) electrons. The van der Waals surface area contributed by atoms with Crippen molar-refractivity contribution in [2.45, 2.75) is 63.7 Å². The zero-order valence-electron chi connectivity index (χ0n) is 16.2. The molecule has 1 heterocycles. The van der Waals surface area contributed by atoms with Crippen LogP contribution in [0.5, 0.6) is 0 Å². The summed E-state index contributed by atoms with van der Waals surface area (Å²) in [7, 11) is 0. The van der Waals surface area contributed by atoms with E-state index in [0.29, 0.717) is 5.41 Å². The molecule has 1 aromatic heterocycles. The average Bonchev–Trinajstić information content (AvgIpc) is 2.75. The van der Waals surface area contributed by atoms with Gasteiger partial charge in [-0.1, -0.05) is 67.8 Å². The van der Waals surface area contributed by atoms with Gasteiger partial charge in [-0.25, -0.2) is 0 Å². The first-order valence-corrected chi connectivity index (χ1v) is 10.8. The first kappa shape index (κ1) is 17.0.